The smallest absolute Gasteiger partial charge is 0.243 e. The summed E-state index contributed by atoms with van der Waals surface area (Å²) in [4.78, 5) is 28.7. The zero-order chi connectivity index (χ0) is 25.2. The second-order valence-electron chi connectivity index (χ2n) is 8.38. The van der Waals surface area contributed by atoms with Gasteiger partial charge in [-0.15, -0.1) is 0 Å². The Bertz CT molecular complexity index is 1100. The Morgan fingerprint density at radius 1 is 0.857 bits per heavy atom. The first-order chi connectivity index (χ1) is 16.9. The number of carbonyl (C=O) groups is 2. The maximum atomic E-state index is 13.7. The number of rotatable bonds is 11. The van der Waals surface area contributed by atoms with Gasteiger partial charge in [-0.25, -0.2) is 0 Å². The molecule has 0 fully saturated rings. The van der Waals surface area contributed by atoms with Gasteiger partial charge in [0.25, 0.3) is 0 Å². The van der Waals surface area contributed by atoms with Crippen molar-refractivity contribution in [1.82, 2.24) is 10.2 Å². The van der Waals surface area contributed by atoms with E-state index in [2.05, 4.69) is 12.2 Å². The van der Waals surface area contributed by atoms with E-state index in [1.54, 1.807) is 35.2 Å². The van der Waals surface area contributed by atoms with E-state index in [4.69, 9.17) is 34.8 Å². The van der Waals surface area contributed by atoms with Gasteiger partial charge in [-0.2, -0.15) is 0 Å². The van der Waals surface area contributed by atoms with Crippen molar-refractivity contribution in [2.24, 2.45) is 0 Å². The third-order valence-corrected chi connectivity index (χ3v) is 6.72. The summed E-state index contributed by atoms with van der Waals surface area (Å²) >= 11 is 18.9. The lowest BCUT2D eigenvalue weighted by Crippen LogP contribution is -2.51. The van der Waals surface area contributed by atoms with Crippen LogP contribution in [-0.4, -0.2) is 29.3 Å². The molecule has 0 radical (unpaired) electrons. The van der Waals surface area contributed by atoms with Crippen LogP contribution in [0.15, 0.2) is 72.8 Å². The van der Waals surface area contributed by atoms with E-state index in [0.717, 1.165) is 24.0 Å². The van der Waals surface area contributed by atoms with Crippen molar-refractivity contribution in [3.05, 3.63) is 105 Å². The lowest BCUT2D eigenvalue weighted by molar-refractivity contribution is -0.140. The minimum Gasteiger partial charge on any atom is -0.354 e. The Morgan fingerprint density at radius 3 is 2.14 bits per heavy atom. The second kappa shape index (κ2) is 13.5. The van der Waals surface area contributed by atoms with Gasteiger partial charge in [0.05, 0.1) is 6.42 Å². The number of halogens is 3. The molecule has 0 spiro atoms. The molecule has 3 rings (SSSR count). The number of carbonyl (C=O) groups excluding carboxylic acids is 2. The number of hydrogen-bond donors (Lipinski definition) is 1. The summed E-state index contributed by atoms with van der Waals surface area (Å²) in [6, 6.07) is 21.3. The molecule has 0 aromatic heterocycles. The van der Waals surface area contributed by atoms with Gasteiger partial charge in [-0.05, 0) is 41.8 Å². The molecule has 1 N–H and O–H groups in total. The van der Waals surface area contributed by atoms with Gasteiger partial charge in [0.15, 0.2) is 0 Å². The largest absolute Gasteiger partial charge is 0.354 e. The molecule has 0 unspecified atom stereocenters. The molecular weight excluding hydrogens is 503 g/mol. The summed E-state index contributed by atoms with van der Waals surface area (Å²) in [6.07, 6.45) is 2.30. The van der Waals surface area contributed by atoms with Crippen molar-refractivity contribution in [2.45, 2.75) is 45.2 Å². The lowest BCUT2D eigenvalue weighted by Gasteiger charge is -2.32. The normalized spacial score (nSPS) is 11.7. The maximum Gasteiger partial charge on any atom is 0.243 e. The number of benzene rings is 3. The number of unbranched alkanes of at least 4 members (excludes halogenated alkanes) is 1. The van der Waals surface area contributed by atoms with E-state index in [9.17, 15) is 9.59 Å². The highest BCUT2D eigenvalue weighted by Gasteiger charge is 2.31. The van der Waals surface area contributed by atoms with Crippen molar-refractivity contribution in [2.75, 3.05) is 6.54 Å². The van der Waals surface area contributed by atoms with Gasteiger partial charge in [0.2, 0.25) is 11.8 Å². The quantitative estimate of drug-likeness (QED) is 0.278. The van der Waals surface area contributed by atoms with E-state index in [1.807, 2.05) is 42.5 Å². The van der Waals surface area contributed by atoms with Crippen LogP contribution in [0.1, 0.15) is 36.5 Å². The first-order valence-corrected chi connectivity index (χ1v) is 12.8. The van der Waals surface area contributed by atoms with Crippen LogP contribution in [-0.2, 0) is 29.0 Å². The predicted molar refractivity (Wildman–Crippen MR) is 144 cm³/mol. The van der Waals surface area contributed by atoms with Gasteiger partial charge in [0.1, 0.15) is 6.04 Å². The van der Waals surface area contributed by atoms with Crippen LogP contribution in [0, 0.1) is 0 Å². The molecule has 2 amide bonds. The Kier molecular flexibility index (Phi) is 10.5. The fraction of sp³-hybridized carbons (Fsp3) is 0.286. The number of nitrogens with one attached hydrogen (secondary N) is 1. The van der Waals surface area contributed by atoms with E-state index in [1.165, 1.54) is 0 Å². The molecule has 1 atom stereocenters. The SMILES string of the molecule is CCCCNC(=O)[C@H](Cc1ccccc1)N(Cc1c(Cl)cccc1Cl)C(=O)Cc1ccc(Cl)cc1. The van der Waals surface area contributed by atoms with Crippen LogP contribution >= 0.6 is 34.8 Å². The molecule has 4 nitrogen and oxygen atoms in total. The molecule has 0 aliphatic rings. The molecule has 0 saturated carbocycles. The van der Waals surface area contributed by atoms with Crippen LogP contribution in [0.25, 0.3) is 0 Å². The molecule has 35 heavy (non-hydrogen) atoms. The third kappa shape index (κ3) is 7.99. The average molecular weight is 532 g/mol. The van der Waals surface area contributed by atoms with Crippen LogP contribution in [0.3, 0.4) is 0 Å². The lowest BCUT2D eigenvalue weighted by atomic mass is 10.0. The summed E-state index contributed by atoms with van der Waals surface area (Å²) in [5.74, 6) is -0.398. The van der Waals surface area contributed by atoms with Crippen molar-refractivity contribution in [3.8, 4) is 0 Å². The Labute approximate surface area is 222 Å². The summed E-state index contributed by atoms with van der Waals surface area (Å²) in [6.45, 7) is 2.73. The highest BCUT2D eigenvalue weighted by Crippen LogP contribution is 2.27. The standard InChI is InChI=1S/C28H29Cl3N2O2/c1-2-3-16-32-28(35)26(17-20-8-5-4-6-9-20)33(19-23-24(30)10-7-11-25(23)31)27(34)18-21-12-14-22(29)15-13-21/h4-15,26H,2-3,16-19H2,1H3,(H,32,35)/t26-/m0/s1. The molecule has 0 aliphatic carbocycles. The van der Waals surface area contributed by atoms with Crippen molar-refractivity contribution in [1.29, 1.82) is 0 Å². The first-order valence-electron chi connectivity index (χ1n) is 11.7. The molecule has 0 saturated heterocycles. The first kappa shape index (κ1) is 27.1. The van der Waals surface area contributed by atoms with Crippen molar-refractivity contribution < 1.29 is 9.59 Å². The van der Waals surface area contributed by atoms with Gasteiger partial charge in [-0.3, -0.25) is 9.59 Å². The Balaban J connectivity index is 1.98. The summed E-state index contributed by atoms with van der Waals surface area (Å²) in [7, 11) is 0. The molecule has 0 heterocycles. The minimum absolute atomic E-state index is 0.115. The monoisotopic (exact) mass is 530 g/mol. The van der Waals surface area contributed by atoms with Gasteiger partial charge < -0.3 is 10.2 Å². The van der Waals surface area contributed by atoms with Gasteiger partial charge in [0, 0.05) is 40.1 Å². The fourth-order valence-electron chi connectivity index (χ4n) is 3.79. The summed E-state index contributed by atoms with van der Waals surface area (Å²) in [5, 5.41) is 4.51. The average Bonchev–Trinajstić information content (AvgIpc) is 2.85. The summed E-state index contributed by atoms with van der Waals surface area (Å²) in [5.41, 5.74) is 2.37. The minimum atomic E-state index is -0.735. The highest BCUT2D eigenvalue weighted by molar-refractivity contribution is 6.36. The summed E-state index contributed by atoms with van der Waals surface area (Å²) < 4.78 is 0. The van der Waals surface area contributed by atoms with Crippen LogP contribution in [0.2, 0.25) is 15.1 Å². The van der Waals surface area contributed by atoms with Gasteiger partial charge >= 0.3 is 0 Å². The van der Waals surface area contributed by atoms with Crippen LogP contribution in [0.5, 0.6) is 0 Å². The number of nitrogens with zero attached hydrogens (tertiary/aromatic N) is 1. The number of amides is 2. The molecular formula is C28H29Cl3N2O2. The van der Waals surface area contributed by atoms with Crippen molar-refractivity contribution >= 4 is 46.6 Å². The Hall–Kier alpha value is -2.53. The zero-order valence-corrected chi connectivity index (χ0v) is 21.9. The molecule has 0 aliphatic heterocycles. The second-order valence-corrected chi connectivity index (χ2v) is 9.63. The van der Waals surface area contributed by atoms with Crippen LogP contribution < -0.4 is 5.32 Å². The van der Waals surface area contributed by atoms with E-state index >= 15 is 0 Å². The number of hydrogen-bond acceptors (Lipinski definition) is 2. The maximum absolute atomic E-state index is 13.7. The molecule has 3 aromatic carbocycles. The van der Waals surface area contributed by atoms with E-state index < -0.39 is 6.04 Å². The highest BCUT2D eigenvalue weighted by atomic mass is 35.5. The van der Waals surface area contributed by atoms with E-state index in [0.29, 0.717) is 33.6 Å². The molecule has 7 heteroatoms. The van der Waals surface area contributed by atoms with Crippen molar-refractivity contribution in [3.63, 3.8) is 0 Å². The van der Waals surface area contributed by atoms with Crippen LogP contribution in [0.4, 0.5) is 0 Å². The Morgan fingerprint density at radius 2 is 1.51 bits per heavy atom. The molecule has 3 aromatic rings. The third-order valence-electron chi connectivity index (χ3n) is 5.76. The van der Waals surface area contributed by atoms with E-state index in [-0.39, 0.29) is 24.8 Å². The topological polar surface area (TPSA) is 49.4 Å². The fourth-order valence-corrected chi connectivity index (χ4v) is 4.44. The zero-order valence-electron chi connectivity index (χ0n) is 19.6. The predicted octanol–water partition coefficient (Wildman–Crippen LogP) is 6.75. The van der Waals surface area contributed by atoms with Gasteiger partial charge in [-0.1, -0.05) is 96.7 Å². The molecule has 184 valence electrons. The molecule has 0 bridgehead atoms.